The summed E-state index contributed by atoms with van der Waals surface area (Å²) in [6.07, 6.45) is 0. The lowest BCUT2D eigenvalue weighted by Crippen LogP contribution is -2.32. The van der Waals surface area contributed by atoms with E-state index < -0.39 is 10.8 Å². The molecule has 0 N–H and O–H groups in total. The minimum absolute atomic E-state index is 0.587. The maximum absolute atomic E-state index is 7.09. The third-order valence-corrected chi connectivity index (χ3v) is 22.4. The van der Waals surface area contributed by atoms with E-state index in [2.05, 4.69) is 362 Å². The van der Waals surface area contributed by atoms with E-state index in [9.17, 15) is 0 Å². The first-order valence-electron chi connectivity index (χ1n) is 35.6. The molecule has 0 amide bonds. The number of nitrogens with zero attached hydrogens (tertiary/aromatic N) is 2. The molecule has 18 aromatic rings. The number of anilines is 6. The molecule has 0 saturated carbocycles. The van der Waals surface area contributed by atoms with Crippen LogP contribution in [0, 0.1) is 0 Å². The highest BCUT2D eigenvalue weighted by molar-refractivity contribution is 6.08. The maximum Gasteiger partial charge on any atom is 0.136 e. The third-order valence-electron chi connectivity index (χ3n) is 22.4. The van der Waals surface area contributed by atoms with Gasteiger partial charge in [0.2, 0.25) is 0 Å². The van der Waals surface area contributed by atoms with E-state index in [4.69, 9.17) is 18.3 Å². The SMILES string of the molecule is c1ccc(N(c2ccc(-c3ccc4c(c3)oc3ccccc34)cc2)c2ccc3c(c2)-c2ccccc2C32c3ccccc3Oc3cc(-c4ccc5c(c4)oc4ccc(-c6ccc(N(c7ccccc7)c7ccc8c(c7)C7(c9ccccc9Oc9ccccc97)c7ccccc7-8)cc6)cc45)ccc32)cc1. The van der Waals surface area contributed by atoms with E-state index in [1.54, 1.807) is 0 Å². The number of furan rings is 2. The molecule has 6 heteroatoms. The zero-order valence-corrected chi connectivity index (χ0v) is 56.2. The van der Waals surface area contributed by atoms with E-state index in [0.29, 0.717) is 0 Å². The molecular weight excluding hydrogens is 1270 g/mol. The number of para-hydroxylation sites is 6. The third kappa shape index (κ3) is 8.45. The van der Waals surface area contributed by atoms with Crippen molar-refractivity contribution in [3.63, 3.8) is 0 Å². The molecule has 104 heavy (non-hydrogen) atoms. The predicted octanol–water partition coefficient (Wildman–Crippen LogP) is 26.4. The summed E-state index contributed by atoms with van der Waals surface area (Å²) in [5.74, 6) is 3.42. The van der Waals surface area contributed by atoms with Crippen molar-refractivity contribution in [3.8, 4) is 78.6 Å². The highest BCUT2D eigenvalue weighted by Crippen LogP contribution is 2.65. The molecule has 486 valence electrons. The van der Waals surface area contributed by atoms with Gasteiger partial charge in [-0.15, -0.1) is 0 Å². The molecule has 4 heterocycles. The lowest BCUT2D eigenvalue weighted by atomic mass is 9.66. The van der Waals surface area contributed by atoms with Gasteiger partial charge in [0, 0.05) is 77.9 Å². The molecule has 0 saturated heterocycles. The van der Waals surface area contributed by atoms with Crippen molar-refractivity contribution in [1.29, 1.82) is 0 Å². The smallest absolute Gasteiger partial charge is 0.136 e. The van der Waals surface area contributed by atoms with Gasteiger partial charge in [-0.1, -0.05) is 224 Å². The number of rotatable bonds is 9. The number of fused-ring (bicyclic) bond motifs is 24. The fraction of sp³-hybridized carbons (Fsp3) is 0.0204. The molecule has 22 rings (SSSR count). The highest BCUT2D eigenvalue weighted by atomic mass is 16.5. The van der Waals surface area contributed by atoms with Crippen LogP contribution >= 0.6 is 0 Å². The van der Waals surface area contributed by atoms with E-state index in [-0.39, 0.29) is 0 Å². The minimum Gasteiger partial charge on any atom is -0.457 e. The van der Waals surface area contributed by atoms with Crippen LogP contribution in [0.3, 0.4) is 0 Å². The quantitative estimate of drug-likeness (QED) is 0.144. The van der Waals surface area contributed by atoms with Crippen LogP contribution in [0.2, 0.25) is 0 Å². The molecule has 1 atom stereocenters. The number of hydrogen-bond acceptors (Lipinski definition) is 6. The van der Waals surface area contributed by atoms with Crippen molar-refractivity contribution in [2.24, 2.45) is 0 Å². The van der Waals surface area contributed by atoms with Crippen LogP contribution in [0.4, 0.5) is 34.1 Å². The second-order valence-corrected chi connectivity index (χ2v) is 27.7. The topological polar surface area (TPSA) is 51.2 Å². The van der Waals surface area contributed by atoms with Crippen LogP contribution in [-0.4, -0.2) is 0 Å². The molecule has 16 aromatic carbocycles. The molecular formula is C98H60N2O4. The summed E-state index contributed by atoms with van der Waals surface area (Å²) in [4.78, 5) is 4.74. The lowest BCUT2D eigenvalue weighted by Gasteiger charge is -2.39. The normalized spacial score (nSPS) is 14.4. The standard InChI is InChI=1S/C98H60N2O4/c1-3-19-67(20-4-1)99(69-45-37-62(38-46-69)64-39-49-77-76-25-9-15-31-89(76)101-94(77)56-64)71-48-53-83-79(59-71)74-24-8-11-27-82(74)97(83)84-28-12-18-34-93(84)104-96-58-66(41-52-87(96)97)65-40-50-78-80-55-63(42-54-90(80)102-95(78)57-65)61-35-43-70(44-36-61)100(68-21-5-2-6-22-68)72-47-51-75-73-23-7-10-26-81(73)98(88(75)60-72)85-29-13-16-32-91(85)103-92-33-17-14-30-86(92)98/h1-60H. The Morgan fingerprint density at radius 1 is 0.183 bits per heavy atom. The van der Waals surface area contributed by atoms with Crippen LogP contribution in [0.5, 0.6) is 23.0 Å². The molecule has 0 bridgehead atoms. The Morgan fingerprint density at radius 2 is 0.548 bits per heavy atom. The molecule has 1 unspecified atom stereocenters. The van der Waals surface area contributed by atoms with E-state index in [0.717, 1.165) is 157 Å². The molecule has 2 aliphatic carbocycles. The van der Waals surface area contributed by atoms with Gasteiger partial charge in [0.25, 0.3) is 0 Å². The lowest BCUT2D eigenvalue weighted by molar-refractivity contribution is 0.436. The Labute approximate surface area is 600 Å². The summed E-state index contributed by atoms with van der Waals surface area (Å²) in [5.41, 5.74) is 29.4. The van der Waals surface area contributed by atoms with Crippen LogP contribution in [-0.2, 0) is 10.8 Å². The minimum atomic E-state index is -0.665. The number of ether oxygens (including phenoxy) is 2. The van der Waals surface area contributed by atoms with Gasteiger partial charge in [-0.2, -0.15) is 0 Å². The zero-order chi connectivity index (χ0) is 68.2. The molecule has 2 aromatic heterocycles. The first-order chi connectivity index (χ1) is 51.5. The Hall–Kier alpha value is -13.7. The molecule has 4 aliphatic rings. The predicted molar refractivity (Wildman–Crippen MR) is 421 cm³/mol. The average Bonchev–Trinajstić information content (AvgIpc) is 1.51. The second-order valence-electron chi connectivity index (χ2n) is 27.7. The van der Waals surface area contributed by atoms with Gasteiger partial charge in [0.1, 0.15) is 45.3 Å². The van der Waals surface area contributed by atoms with Gasteiger partial charge in [-0.05, 0) is 217 Å². The van der Waals surface area contributed by atoms with Gasteiger partial charge in [0.15, 0.2) is 0 Å². The number of benzene rings is 16. The summed E-state index contributed by atoms with van der Waals surface area (Å²) in [6, 6.07) is 132. The van der Waals surface area contributed by atoms with E-state index in [1.165, 1.54) is 44.5 Å². The molecule has 0 radical (unpaired) electrons. The zero-order valence-electron chi connectivity index (χ0n) is 56.2. The highest BCUT2D eigenvalue weighted by Gasteiger charge is 2.53. The Morgan fingerprint density at radius 3 is 1.16 bits per heavy atom. The van der Waals surface area contributed by atoms with Crippen molar-refractivity contribution in [2.45, 2.75) is 10.8 Å². The van der Waals surface area contributed by atoms with E-state index >= 15 is 0 Å². The molecule has 2 spiro atoms. The molecule has 0 fully saturated rings. The van der Waals surface area contributed by atoms with Gasteiger partial charge in [-0.25, -0.2) is 0 Å². The van der Waals surface area contributed by atoms with Gasteiger partial charge < -0.3 is 28.1 Å². The summed E-state index contributed by atoms with van der Waals surface area (Å²) < 4.78 is 26.9. The average molecular weight is 1330 g/mol. The first-order valence-corrected chi connectivity index (χ1v) is 35.6. The van der Waals surface area contributed by atoms with E-state index in [1.807, 2.05) is 12.1 Å². The molecule has 2 aliphatic heterocycles. The van der Waals surface area contributed by atoms with Crippen LogP contribution < -0.4 is 19.3 Å². The van der Waals surface area contributed by atoms with Crippen molar-refractivity contribution in [2.75, 3.05) is 9.80 Å². The Balaban J connectivity index is 0.591. The Kier molecular flexibility index (Phi) is 12.5. The summed E-state index contributed by atoms with van der Waals surface area (Å²) in [5, 5.41) is 4.38. The maximum atomic E-state index is 7.09. The van der Waals surface area contributed by atoms with Crippen LogP contribution in [0.15, 0.2) is 373 Å². The van der Waals surface area contributed by atoms with Crippen LogP contribution in [0.25, 0.3) is 99.5 Å². The van der Waals surface area contributed by atoms with Crippen molar-refractivity contribution >= 4 is 78.0 Å². The Bertz CT molecular complexity index is 6520. The van der Waals surface area contributed by atoms with Gasteiger partial charge >= 0.3 is 0 Å². The molecule has 6 nitrogen and oxygen atoms in total. The fourth-order valence-electron chi connectivity index (χ4n) is 17.9. The first kappa shape index (κ1) is 58.1. The van der Waals surface area contributed by atoms with Crippen LogP contribution in [0.1, 0.15) is 44.5 Å². The van der Waals surface area contributed by atoms with Gasteiger partial charge in [-0.3, -0.25) is 0 Å². The summed E-state index contributed by atoms with van der Waals surface area (Å²) >= 11 is 0. The largest absolute Gasteiger partial charge is 0.457 e. The second kappa shape index (κ2) is 22.4. The van der Waals surface area contributed by atoms with Crippen molar-refractivity contribution < 1.29 is 18.3 Å². The monoisotopic (exact) mass is 1330 g/mol. The van der Waals surface area contributed by atoms with Crippen molar-refractivity contribution in [1.82, 2.24) is 0 Å². The number of hydrogen-bond donors (Lipinski definition) is 0. The van der Waals surface area contributed by atoms with Gasteiger partial charge in [0.05, 0.1) is 10.8 Å². The summed E-state index contributed by atoms with van der Waals surface area (Å²) in [6.45, 7) is 0. The fourth-order valence-corrected chi connectivity index (χ4v) is 17.9. The van der Waals surface area contributed by atoms with Crippen molar-refractivity contribution in [3.05, 3.63) is 408 Å². The summed E-state index contributed by atoms with van der Waals surface area (Å²) in [7, 11) is 0.